The van der Waals surface area contributed by atoms with E-state index in [2.05, 4.69) is 10.2 Å². The number of anilines is 2. The molecule has 7 heteroatoms. The van der Waals surface area contributed by atoms with E-state index in [0.29, 0.717) is 15.7 Å². The lowest BCUT2D eigenvalue weighted by atomic mass is 10.1. The third kappa shape index (κ3) is 4.03. The van der Waals surface area contributed by atoms with Gasteiger partial charge in [-0.25, -0.2) is 0 Å². The zero-order chi connectivity index (χ0) is 18.7. The van der Waals surface area contributed by atoms with Gasteiger partial charge in [0.25, 0.3) is 5.91 Å². The summed E-state index contributed by atoms with van der Waals surface area (Å²) in [6.45, 7) is 1.83. The number of methoxy groups -OCH3 is 1. The summed E-state index contributed by atoms with van der Waals surface area (Å²) in [7, 11) is 1.46. The van der Waals surface area contributed by atoms with Gasteiger partial charge < -0.3 is 15.0 Å². The SMILES string of the molecule is COc1c(Cl)cc(Cl)cc1C(=O)Nc1cccc(Cl)c1N1CCCCC1. The molecule has 1 aliphatic rings. The van der Waals surface area contributed by atoms with Gasteiger partial charge in [0.05, 0.1) is 34.1 Å². The first-order valence-corrected chi connectivity index (χ1v) is 9.52. The van der Waals surface area contributed by atoms with E-state index in [1.54, 1.807) is 0 Å². The number of halogens is 3. The molecule has 1 heterocycles. The fourth-order valence-electron chi connectivity index (χ4n) is 3.18. The topological polar surface area (TPSA) is 41.6 Å². The summed E-state index contributed by atoms with van der Waals surface area (Å²) in [5.41, 5.74) is 1.77. The van der Waals surface area contributed by atoms with Crippen molar-refractivity contribution in [3.8, 4) is 5.75 Å². The Kier molecular flexibility index (Phi) is 6.17. The Morgan fingerprint density at radius 3 is 2.50 bits per heavy atom. The van der Waals surface area contributed by atoms with Crippen molar-refractivity contribution in [2.75, 3.05) is 30.4 Å². The third-order valence-electron chi connectivity index (χ3n) is 4.36. The van der Waals surface area contributed by atoms with Gasteiger partial charge in [0.2, 0.25) is 0 Å². The molecule has 0 bridgehead atoms. The number of rotatable bonds is 4. The summed E-state index contributed by atoms with van der Waals surface area (Å²) in [5, 5.41) is 4.19. The molecule has 0 spiro atoms. The summed E-state index contributed by atoms with van der Waals surface area (Å²) in [6.07, 6.45) is 3.42. The molecule has 1 aliphatic heterocycles. The van der Waals surface area contributed by atoms with Crippen LogP contribution in [0.1, 0.15) is 29.6 Å². The van der Waals surface area contributed by atoms with Crippen molar-refractivity contribution < 1.29 is 9.53 Å². The largest absolute Gasteiger partial charge is 0.494 e. The number of carbonyl (C=O) groups is 1. The maximum absolute atomic E-state index is 12.9. The number of nitrogens with zero attached hydrogens (tertiary/aromatic N) is 1. The lowest BCUT2D eigenvalue weighted by molar-refractivity contribution is 0.102. The van der Waals surface area contributed by atoms with Crippen molar-refractivity contribution in [3.05, 3.63) is 51.0 Å². The second-order valence-corrected chi connectivity index (χ2v) is 7.36. The molecule has 0 unspecified atom stereocenters. The van der Waals surface area contributed by atoms with Crippen LogP contribution in [0, 0.1) is 0 Å². The Balaban J connectivity index is 1.95. The predicted molar refractivity (Wildman–Crippen MR) is 108 cm³/mol. The highest BCUT2D eigenvalue weighted by Gasteiger charge is 2.21. The monoisotopic (exact) mass is 412 g/mol. The van der Waals surface area contributed by atoms with Crippen LogP contribution in [-0.4, -0.2) is 26.1 Å². The Hall–Kier alpha value is -1.62. The molecule has 1 N–H and O–H groups in total. The molecule has 0 aliphatic carbocycles. The van der Waals surface area contributed by atoms with Gasteiger partial charge >= 0.3 is 0 Å². The third-order valence-corrected chi connectivity index (χ3v) is 5.17. The van der Waals surface area contributed by atoms with Crippen molar-refractivity contribution >= 4 is 52.1 Å². The van der Waals surface area contributed by atoms with E-state index in [1.165, 1.54) is 25.7 Å². The highest BCUT2D eigenvalue weighted by Crippen LogP contribution is 2.37. The van der Waals surface area contributed by atoms with Crippen LogP contribution in [-0.2, 0) is 0 Å². The van der Waals surface area contributed by atoms with Crippen LogP contribution in [0.5, 0.6) is 5.75 Å². The van der Waals surface area contributed by atoms with Crippen molar-refractivity contribution in [2.45, 2.75) is 19.3 Å². The molecule has 0 atom stereocenters. The van der Waals surface area contributed by atoms with Crippen molar-refractivity contribution in [2.24, 2.45) is 0 Å². The van der Waals surface area contributed by atoms with E-state index in [9.17, 15) is 4.79 Å². The number of nitrogens with one attached hydrogen (secondary N) is 1. The average molecular weight is 414 g/mol. The summed E-state index contributed by atoms with van der Waals surface area (Å²) < 4.78 is 5.27. The number of benzene rings is 2. The molecule has 2 aromatic rings. The van der Waals surface area contributed by atoms with Crippen LogP contribution in [0.3, 0.4) is 0 Å². The van der Waals surface area contributed by atoms with Crippen LogP contribution in [0.2, 0.25) is 15.1 Å². The van der Waals surface area contributed by atoms with Gasteiger partial charge in [-0.2, -0.15) is 0 Å². The minimum absolute atomic E-state index is 0.273. The fourth-order valence-corrected chi connectivity index (χ4v) is 4.05. The Labute approximate surface area is 168 Å². The lowest BCUT2D eigenvalue weighted by Gasteiger charge is -2.31. The van der Waals surface area contributed by atoms with Crippen LogP contribution in [0.4, 0.5) is 11.4 Å². The Bertz CT molecular complexity index is 821. The summed E-state index contributed by atoms with van der Waals surface area (Å²) >= 11 is 18.6. The lowest BCUT2D eigenvalue weighted by Crippen LogP contribution is -2.30. The second-order valence-electron chi connectivity index (χ2n) is 6.11. The second kappa shape index (κ2) is 8.38. The molecular formula is C19H19Cl3N2O2. The van der Waals surface area contributed by atoms with Gasteiger partial charge in [-0.05, 0) is 43.5 Å². The van der Waals surface area contributed by atoms with Gasteiger partial charge in [0.15, 0.2) is 0 Å². The van der Waals surface area contributed by atoms with Gasteiger partial charge in [0.1, 0.15) is 5.75 Å². The van der Waals surface area contributed by atoms with E-state index in [4.69, 9.17) is 39.5 Å². The highest BCUT2D eigenvalue weighted by atomic mass is 35.5. The van der Waals surface area contributed by atoms with Gasteiger partial charge in [-0.1, -0.05) is 40.9 Å². The number of ether oxygens (including phenoxy) is 1. The molecule has 1 amide bonds. The molecule has 0 radical (unpaired) electrons. The molecule has 3 rings (SSSR count). The van der Waals surface area contributed by atoms with Crippen molar-refractivity contribution in [3.63, 3.8) is 0 Å². The Morgan fingerprint density at radius 1 is 1.08 bits per heavy atom. The number of hydrogen-bond acceptors (Lipinski definition) is 3. The molecule has 2 aromatic carbocycles. The van der Waals surface area contributed by atoms with E-state index in [0.717, 1.165) is 31.6 Å². The molecule has 138 valence electrons. The zero-order valence-electron chi connectivity index (χ0n) is 14.3. The van der Waals surface area contributed by atoms with Crippen LogP contribution < -0.4 is 15.0 Å². The number of carbonyl (C=O) groups excluding carboxylic acids is 1. The first-order chi connectivity index (χ1) is 12.5. The van der Waals surface area contributed by atoms with Crippen LogP contribution >= 0.6 is 34.8 Å². The van der Waals surface area contributed by atoms with Gasteiger partial charge in [0, 0.05) is 18.1 Å². The molecule has 26 heavy (non-hydrogen) atoms. The standard InChI is InChI=1S/C19H19Cl3N2O2/c1-26-18-13(10-12(20)11-15(18)22)19(25)23-16-7-5-6-14(21)17(16)24-8-3-2-4-9-24/h5-7,10-11H,2-4,8-9H2,1H3,(H,23,25). The molecule has 0 saturated carbocycles. The molecule has 1 fully saturated rings. The number of hydrogen-bond donors (Lipinski definition) is 1. The predicted octanol–water partition coefficient (Wildman–Crippen LogP) is 5.90. The first kappa shape index (κ1) is 19.2. The minimum atomic E-state index is -0.355. The number of para-hydroxylation sites is 1. The average Bonchev–Trinajstić information content (AvgIpc) is 2.62. The summed E-state index contributed by atoms with van der Waals surface area (Å²) in [6, 6.07) is 8.56. The highest BCUT2D eigenvalue weighted by molar-refractivity contribution is 6.37. The molecule has 4 nitrogen and oxygen atoms in total. The summed E-state index contributed by atoms with van der Waals surface area (Å²) in [4.78, 5) is 15.1. The summed E-state index contributed by atoms with van der Waals surface area (Å²) in [5.74, 6) is -0.0677. The van der Waals surface area contributed by atoms with Crippen LogP contribution in [0.25, 0.3) is 0 Å². The smallest absolute Gasteiger partial charge is 0.259 e. The number of amides is 1. The molecular weight excluding hydrogens is 395 g/mol. The maximum atomic E-state index is 12.9. The van der Waals surface area contributed by atoms with E-state index >= 15 is 0 Å². The van der Waals surface area contributed by atoms with Crippen molar-refractivity contribution in [1.29, 1.82) is 0 Å². The van der Waals surface area contributed by atoms with Gasteiger partial charge in [-0.15, -0.1) is 0 Å². The van der Waals surface area contributed by atoms with E-state index in [-0.39, 0.29) is 22.2 Å². The Morgan fingerprint density at radius 2 is 1.81 bits per heavy atom. The first-order valence-electron chi connectivity index (χ1n) is 8.39. The number of piperidine rings is 1. The van der Waals surface area contributed by atoms with E-state index < -0.39 is 0 Å². The molecule has 1 saturated heterocycles. The zero-order valence-corrected chi connectivity index (χ0v) is 16.6. The quantitative estimate of drug-likeness (QED) is 0.678. The molecule has 0 aromatic heterocycles. The van der Waals surface area contributed by atoms with E-state index in [1.807, 2.05) is 18.2 Å². The van der Waals surface area contributed by atoms with Gasteiger partial charge in [-0.3, -0.25) is 4.79 Å². The van der Waals surface area contributed by atoms with Crippen LogP contribution in [0.15, 0.2) is 30.3 Å². The maximum Gasteiger partial charge on any atom is 0.259 e. The van der Waals surface area contributed by atoms with Crippen molar-refractivity contribution in [1.82, 2.24) is 0 Å². The minimum Gasteiger partial charge on any atom is -0.494 e. The fraction of sp³-hybridized carbons (Fsp3) is 0.316. The normalized spacial score (nSPS) is 14.2.